The summed E-state index contributed by atoms with van der Waals surface area (Å²) in [5.41, 5.74) is -0.267. The predicted molar refractivity (Wildman–Crippen MR) is 68.0 cm³/mol. The molecule has 0 saturated heterocycles. The van der Waals surface area contributed by atoms with E-state index in [1.54, 1.807) is 24.3 Å². The number of hydrogen-bond acceptors (Lipinski definition) is 3. The van der Waals surface area contributed by atoms with E-state index in [4.69, 9.17) is 4.74 Å². The van der Waals surface area contributed by atoms with Gasteiger partial charge in [0.25, 0.3) is 0 Å². The first kappa shape index (κ1) is 12.6. The van der Waals surface area contributed by atoms with E-state index in [1.807, 2.05) is 25.1 Å². The lowest BCUT2D eigenvalue weighted by molar-refractivity contribution is -0.146. The van der Waals surface area contributed by atoms with Crippen LogP contribution in [0.1, 0.15) is 36.5 Å². The fraction of sp³-hybridized carbons (Fsp3) is 0.333. The van der Waals surface area contributed by atoms with Crippen molar-refractivity contribution in [3.8, 4) is 0 Å². The molecule has 1 aliphatic rings. The second-order valence-corrected chi connectivity index (χ2v) is 4.76. The maximum absolute atomic E-state index is 12.0. The van der Waals surface area contributed by atoms with Crippen molar-refractivity contribution in [2.24, 2.45) is 5.41 Å². The number of rotatable bonds is 2. The van der Waals surface area contributed by atoms with Crippen LogP contribution in [0.25, 0.3) is 0 Å². The second kappa shape index (κ2) is 5.17. The summed E-state index contributed by atoms with van der Waals surface area (Å²) in [6, 6.07) is 8.56. The number of carbonyl (C=O) groups is 2. The standard InChI is InChI=1S/C15H16O3/c1-15(10-6-3-7-11-15)14(17)18-13(16)12-8-4-2-5-9-12/h2,4-6,8-10H,3,7,11H2,1H3. The Labute approximate surface area is 106 Å². The highest BCUT2D eigenvalue weighted by molar-refractivity contribution is 5.98. The van der Waals surface area contributed by atoms with Gasteiger partial charge in [-0.3, -0.25) is 4.79 Å². The molecule has 0 bridgehead atoms. The lowest BCUT2D eigenvalue weighted by Crippen LogP contribution is -2.31. The molecule has 0 aliphatic heterocycles. The third kappa shape index (κ3) is 2.67. The molecule has 18 heavy (non-hydrogen) atoms. The van der Waals surface area contributed by atoms with Crippen molar-refractivity contribution in [1.82, 2.24) is 0 Å². The van der Waals surface area contributed by atoms with Crippen LogP contribution >= 0.6 is 0 Å². The molecule has 2 rings (SSSR count). The molecule has 0 radical (unpaired) electrons. The summed E-state index contributed by atoms with van der Waals surface area (Å²) in [6.07, 6.45) is 6.47. The zero-order chi connectivity index (χ0) is 13.0. The van der Waals surface area contributed by atoms with Crippen molar-refractivity contribution < 1.29 is 14.3 Å². The molecule has 1 unspecified atom stereocenters. The predicted octanol–water partition coefficient (Wildman–Crippen LogP) is 3.12. The van der Waals surface area contributed by atoms with Crippen LogP contribution in [0.5, 0.6) is 0 Å². The Kier molecular flexibility index (Phi) is 3.60. The average molecular weight is 244 g/mol. The van der Waals surface area contributed by atoms with Crippen LogP contribution in [-0.4, -0.2) is 11.9 Å². The Hall–Kier alpha value is -1.90. The molecule has 0 fully saturated rings. The Balaban J connectivity index is 2.06. The first-order valence-corrected chi connectivity index (χ1v) is 6.11. The van der Waals surface area contributed by atoms with Crippen molar-refractivity contribution in [3.63, 3.8) is 0 Å². The van der Waals surface area contributed by atoms with Gasteiger partial charge in [0.2, 0.25) is 0 Å². The van der Waals surface area contributed by atoms with E-state index >= 15 is 0 Å². The zero-order valence-corrected chi connectivity index (χ0v) is 10.4. The second-order valence-electron chi connectivity index (χ2n) is 4.76. The molecular formula is C15H16O3. The van der Waals surface area contributed by atoms with Gasteiger partial charge in [0.15, 0.2) is 0 Å². The molecular weight excluding hydrogens is 228 g/mol. The van der Waals surface area contributed by atoms with Gasteiger partial charge in [-0.05, 0) is 38.3 Å². The van der Waals surface area contributed by atoms with Crippen LogP contribution in [-0.2, 0) is 9.53 Å². The van der Waals surface area contributed by atoms with E-state index in [-0.39, 0.29) is 0 Å². The molecule has 0 saturated carbocycles. The number of esters is 2. The Morgan fingerprint density at radius 3 is 2.56 bits per heavy atom. The van der Waals surface area contributed by atoms with Gasteiger partial charge in [-0.2, -0.15) is 0 Å². The molecule has 1 aromatic rings. The van der Waals surface area contributed by atoms with Crippen molar-refractivity contribution in [1.29, 1.82) is 0 Å². The highest BCUT2D eigenvalue weighted by Crippen LogP contribution is 2.31. The number of carbonyl (C=O) groups excluding carboxylic acids is 2. The highest BCUT2D eigenvalue weighted by atomic mass is 16.6. The molecule has 3 heteroatoms. The maximum atomic E-state index is 12.0. The number of allylic oxidation sites excluding steroid dienone is 1. The normalized spacial score (nSPS) is 22.5. The average Bonchev–Trinajstić information content (AvgIpc) is 2.40. The Morgan fingerprint density at radius 2 is 1.94 bits per heavy atom. The molecule has 1 aliphatic carbocycles. The van der Waals surface area contributed by atoms with E-state index in [9.17, 15) is 9.59 Å². The SMILES string of the molecule is CC1(C(=O)OC(=O)c2ccccc2)C=CCCC1. The summed E-state index contributed by atoms with van der Waals surface area (Å²) in [4.78, 5) is 23.8. The summed E-state index contributed by atoms with van der Waals surface area (Å²) in [5.74, 6) is -1.05. The minimum atomic E-state index is -0.664. The molecule has 94 valence electrons. The van der Waals surface area contributed by atoms with E-state index in [1.165, 1.54) is 0 Å². The largest absolute Gasteiger partial charge is 0.389 e. The first-order chi connectivity index (χ1) is 8.62. The third-order valence-corrected chi connectivity index (χ3v) is 3.21. The van der Waals surface area contributed by atoms with E-state index < -0.39 is 17.4 Å². The Bertz CT molecular complexity index is 476. The highest BCUT2D eigenvalue weighted by Gasteiger charge is 2.34. The van der Waals surface area contributed by atoms with Gasteiger partial charge in [0.05, 0.1) is 11.0 Å². The van der Waals surface area contributed by atoms with Crippen LogP contribution in [0.15, 0.2) is 42.5 Å². The summed E-state index contributed by atoms with van der Waals surface area (Å²) in [5, 5.41) is 0. The van der Waals surface area contributed by atoms with Crippen LogP contribution in [0.2, 0.25) is 0 Å². The van der Waals surface area contributed by atoms with E-state index in [2.05, 4.69) is 0 Å². The van der Waals surface area contributed by atoms with E-state index in [0.717, 1.165) is 19.3 Å². The number of ether oxygens (including phenoxy) is 1. The summed E-state index contributed by atoms with van der Waals surface area (Å²) >= 11 is 0. The monoisotopic (exact) mass is 244 g/mol. The van der Waals surface area contributed by atoms with Crippen LogP contribution in [0.3, 0.4) is 0 Å². The lowest BCUT2D eigenvalue weighted by atomic mass is 9.81. The van der Waals surface area contributed by atoms with Gasteiger partial charge in [-0.1, -0.05) is 30.4 Å². The molecule has 0 N–H and O–H groups in total. The summed E-state index contributed by atoms with van der Waals surface area (Å²) < 4.78 is 4.95. The molecule has 0 amide bonds. The van der Waals surface area contributed by atoms with E-state index in [0.29, 0.717) is 5.56 Å². The van der Waals surface area contributed by atoms with Gasteiger partial charge in [-0.15, -0.1) is 0 Å². The Morgan fingerprint density at radius 1 is 1.22 bits per heavy atom. The minimum Gasteiger partial charge on any atom is -0.389 e. The molecule has 0 spiro atoms. The number of hydrogen-bond donors (Lipinski definition) is 0. The minimum absolute atomic E-state index is 0.397. The van der Waals surface area contributed by atoms with Gasteiger partial charge in [0.1, 0.15) is 0 Å². The van der Waals surface area contributed by atoms with Crippen molar-refractivity contribution in [2.45, 2.75) is 26.2 Å². The van der Waals surface area contributed by atoms with Crippen LogP contribution in [0.4, 0.5) is 0 Å². The van der Waals surface area contributed by atoms with Crippen LogP contribution in [0, 0.1) is 5.41 Å². The maximum Gasteiger partial charge on any atom is 0.345 e. The van der Waals surface area contributed by atoms with Crippen LogP contribution < -0.4 is 0 Å². The fourth-order valence-corrected chi connectivity index (χ4v) is 2.02. The molecule has 1 atom stereocenters. The van der Waals surface area contributed by atoms with Gasteiger partial charge < -0.3 is 4.74 Å². The zero-order valence-electron chi connectivity index (χ0n) is 10.4. The van der Waals surface area contributed by atoms with Gasteiger partial charge in [-0.25, -0.2) is 4.79 Å². The molecule has 3 nitrogen and oxygen atoms in total. The molecule has 0 aromatic heterocycles. The molecule has 1 aromatic carbocycles. The first-order valence-electron chi connectivity index (χ1n) is 6.11. The lowest BCUT2D eigenvalue weighted by Gasteiger charge is -2.25. The summed E-state index contributed by atoms with van der Waals surface area (Å²) in [7, 11) is 0. The van der Waals surface area contributed by atoms with Crippen molar-refractivity contribution in [3.05, 3.63) is 48.0 Å². The smallest absolute Gasteiger partial charge is 0.345 e. The van der Waals surface area contributed by atoms with Crippen molar-refractivity contribution >= 4 is 11.9 Å². The van der Waals surface area contributed by atoms with Gasteiger partial charge >= 0.3 is 11.9 Å². The number of benzene rings is 1. The topological polar surface area (TPSA) is 43.4 Å². The van der Waals surface area contributed by atoms with Gasteiger partial charge in [0, 0.05) is 0 Å². The fourth-order valence-electron chi connectivity index (χ4n) is 2.02. The summed E-state index contributed by atoms with van der Waals surface area (Å²) in [6.45, 7) is 1.81. The van der Waals surface area contributed by atoms with Crippen molar-refractivity contribution in [2.75, 3.05) is 0 Å². The molecule has 0 heterocycles. The quantitative estimate of drug-likeness (QED) is 0.456. The third-order valence-electron chi connectivity index (χ3n) is 3.21.